The van der Waals surface area contributed by atoms with Crippen molar-refractivity contribution in [1.82, 2.24) is 20.0 Å². The molecule has 0 unspecified atom stereocenters. The standard InChI is InChI=1S/C9H11N5.2ClH/c1-6-7(5-14(2)13-6)8-3-4-9(10)12-11-8;;/h3-5H,1-2H3,(H2,10,12);2*1H. The van der Waals surface area contributed by atoms with Crippen LogP contribution in [0.15, 0.2) is 18.3 Å². The summed E-state index contributed by atoms with van der Waals surface area (Å²) in [7, 11) is 1.88. The molecule has 0 aliphatic rings. The Hall–Kier alpha value is -1.33. The zero-order valence-corrected chi connectivity index (χ0v) is 10.5. The van der Waals surface area contributed by atoms with Gasteiger partial charge in [-0.1, -0.05) is 0 Å². The highest BCUT2D eigenvalue weighted by molar-refractivity contribution is 5.85. The van der Waals surface area contributed by atoms with Crippen molar-refractivity contribution in [3.8, 4) is 11.3 Å². The lowest BCUT2D eigenvalue weighted by molar-refractivity contribution is 0.756. The van der Waals surface area contributed by atoms with Crippen LogP contribution >= 0.6 is 24.8 Å². The first kappa shape index (κ1) is 14.7. The molecule has 2 aromatic rings. The van der Waals surface area contributed by atoms with Gasteiger partial charge in [-0.3, -0.25) is 4.68 Å². The highest BCUT2D eigenvalue weighted by Crippen LogP contribution is 2.19. The number of aryl methyl sites for hydroxylation is 2. The molecular weight excluding hydrogens is 249 g/mol. The predicted molar refractivity (Wildman–Crippen MR) is 67.9 cm³/mol. The maximum Gasteiger partial charge on any atom is 0.146 e. The quantitative estimate of drug-likeness (QED) is 0.847. The van der Waals surface area contributed by atoms with E-state index in [1.54, 1.807) is 10.7 Å². The van der Waals surface area contributed by atoms with Crippen molar-refractivity contribution in [3.63, 3.8) is 0 Å². The summed E-state index contributed by atoms with van der Waals surface area (Å²) in [6.07, 6.45) is 1.91. The smallest absolute Gasteiger partial charge is 0.146 e. The average Bonchev–Trinajstić information content (AvgIpc) is 2.47. The molecular formula is C9H13Cl2N5. The van der Waals surface area contributed by atoms with E-state index in [4.69, 9.17) is 5.73 Å². The first-order valence-electron chi connectivity index (χ1n) is 4.26. The number of nitrogen functional groups attached to an aromatic ring is 1. The first-order chi connectivity index (χ1) is 6.66. The van der Waals surface area contributed by atoms with Gasteiger partial charge in [-0.25, -0.2) is 0 Å². The zero-order valence-electron chi connectivity index (χ0n) is 8.91. The molecule has 2 N–H and O–H groups in total. The monoisotopic (exact) mass is 261 g/mol. The minimum Gasteiger partial charge on any atom is -0.382 e. The van der Waals surface area contributed by atoms with E-state index < -0.39 is 0 Å². The summed E-state index contributed by atoms with van der Waals surface area (Å²) in [5.41, 5.74) is 8.17. The number of anilines is 1. The van der Waals surface area contributed by atoms with Crippen LogP contribution in [0.1, 0.15) is 5.69 Å². The molecule has 16 heavy (non-hydrogen) atoms. The van der Waals surface area contributed by atoms with Gasteiger partial charge in [0.05, 0.1) is 11.4 Å². The third-order valence-electron chi connectivity index (χ3n) is 1.97. The van der Waals surface area contributed by atoms with Gasteiger partial charge >= 0.3 is 0 Å². The van der Waals surface area contributed by atoms with Crippen LogP contribution in [0.25, 0.3) is 11.3 Å². The Morgan fingerprint density at radius 2 is 1.88 bits per heavy atom. The van der Waals surface area contributed by atoms with E-state index in [1.807, 2.05) is 26.2 Å². The lowest BCUT2D eigenvalue weighted by Gasteiger charge is -1.96. The molecule has 0 fully saturated rings. The summed E-state index contributed by atoms with van der Waals surface area (Å²) >= 11 is 0. The normalized spacial score (nSPS) is 9.12. The third-order valence-corrected chi connectivity index (χ3v) is 1.97. The van der Waals surface area contributed by atoms with Gasteiger partial charge in [-0.05, 0) is 19.1 Å². The number of hydrogen-bond acceptors (Lipinski definition) is 4. The molecule has 5 nitrogen and oxygen atoms in total. The second kappa shape index (κ2) is 5.67. The van der Waals surface area contributed by atoms with Crippen molar-refractivity contribution in [1.29, 1.82) is 0 Å². The highest BCUT2D eigenvalue weighted by Gasteiger charge is 2.06. The number of nitrogens with zero attached hydrogens (tertiary/aromatic N) is 4. The van der Waals surface area contributed by atoms with Crippen LogP contribution in [-0.2, 0) is 7.05 Å². The fourth-order valence-corrected chi connectivity index (χ4v) is 1.34. The van der Waals surface area contributed by atoms with Crippen LogP contribution in [0.5, 0.6) is 0 Å². The summed E-state index contributed by atoms with van der Waals surface area (Å²) in [5, 5.41) is 12.0. The van der Waals surface area contributed by atoms with Crippen LogP contribution < -0.4 is 5.73 Å². The molecule has 0 aliphatic carbocycles. The highest BCUT2D eigenvalue weighted by atomic mass is 35.5. The molecule has 2 heterocycles. The van der Waals surface area contributed by atoms with Gasteiger partial charge in [-0.15, -0.1) is 35.0 Å². The van der Waals surface area contributed by atoms with E-state index in [2.05, 4.69) is 15.3 Å². The van der Waals surface area contributed by atoms with Gasteiger partial charge in [0.2, 0.25) is 0 Å². The summed E-state index contributed by atoms with van der Waals surface area (Å²) in [6.45, 7) is 1.94. The molecule has 0 spiro atoms. The lowest BCUT2D eigenvalue weighted by Crippen LogP contribution is -1.93. The van der Waals surface area contributed by atoms with E-state index >= 15 is 0 Å². The fourth-order valence-electron chi connectivity index (χ4n) is 1.34. The van der Waals surface area contributed by atoms with Crippen molar-refractivity contribution in [2.45, 2.75) is 6.92 Å². The van der Waals surface area contributed by atoms with Crippen molar-refractivity contribution < 1.29 is 0 Å². The van der Waals surface area contributed by atoms with E-state index in [0.29, 0.717) is 5.82 Å². The first-order valence-corrected chi connectivity index (χ1v) is 4.26. The van der Waals surface area contributed by atoms with E-state index in [0.717, 1.165) is 17.0 Å². The van der Waals surface area contributed by atoms with Crippen LogP contribution in [0.4, 0.5) is 5.82 Å². The fraction of sp³-hybridized carbons (Fsp3) is 0.222. The summed E-state index contributed by atoms with van der Waals surface area (Å²) in [4.78, 5) is 0. The van der Waals surface area contributed by atoms with Crippen molar-refractivity contribution >= 4 is 30.6 Å². The summed E-state index contributed by atoms with van der Waals surface area (Å²) in [5.74, 6) is 0.426. The Balaban J connectivity index is 0.00000112. The van der Waals surface area contributed by atoms with Crippen molar-refractivity contribution in [3.05, 3.63) is 24.0 Å². The molecule has 88 valence electrons. The predicted octanol–water partition coefficient (Wildman–Crippen LogP) is 1.61. The topological polar surface area (TPSA) is 69.6 Å². The zero-order chi connectivity index (χ0) is 10.1. The van der Waals surface area contributed by atoms with Gasteiger partial charge in [0.1, 0.15) is 5.82 Å². The largest absolute Gasteiger partial charge is 0.382 e. The van der Waals surface area contributed by atoms with Gasteiger partial charge < -0.3 is 5.73 Å². The summed E-state index contributed by atoms with van der Waals surface area (Å²) in [6, 6.07) is 3.57. The molecule has 0 saturated heterocycles. The number of nitrogens with two attached hydrogens (primary N) is 1. The molecule has 0 saturated carbocycles. The minimum absolute atomic E-state index is 0. The SMILES string of the molecule is Cc1nn(C)cc1-c1ccc(N)nn1.Cl.Cl. The number of rotatable bonds is 1. The Bertz CT molecular complexity index is 451. The maximum atomic E-state index is 5.45. The van der Waals surface area contributed by atoms with Crippen molar-refractivity contribution in [2.24, 2.45) is 7.05 Å². The van der Waals surface area contributed by atoms with E-state index in [9.17, 15) is 0 Å². The lowest BCUT2D eigenvalue weighted by atomic mass is 10.2. The van der Waals surface area contributed by atoms with Gasteiger partial charge in [0.15, 0.2) is 0 Å². The second-order valence-corrected chi connectivity index (χ2v) is 3.15. The molecule has 0 aliphatic heterocycles. The second-order valence-electron chi connectivity index (χ2n) is 3.15. The van der Waals surface area contributed by atoms with E-state index in [1.165, 1.54) is 0 Å². The Morgan fingerprint density at radius 3 is 2.31 bits per heavy atom. The van der Waals surface area contributed by atoms with Crippen LogP contribution in [0.3, 0.4) is 0 Å². The van der Waals surface area contributed by atoms with E-state index in [-0.39, 0.29) is 24.8 Å². The molecule has 0 bridgehead atoms. The summed E-state index contributed by atoms with van der Waals surface area (Å²) < 4.78 is 1.75. The Kier molecular flexibility index (Phi) is 5.20. The molecule has 7 heteroatoms. The molecule has 2 aromatic heterocycles. The molecule has 0 radical (unpaired) electrons. The Morgan fingerprint density at radius 1 is 1.19 bits per heavy atom. The number of aromatic nitrogens is 4. The van der Waals surface area contributed by atoms with Crippen molar-refractivity contribution in [2.75, 3.05) is 5.73 Å². The van der Waals surface area contributed by atoms with Gasteiger partial charge in [-0.2, -0.15) is 5.10 Å². The molecule has 0 atom stereocenters. The average molecular weight is 262 g/mol. The van der Waals surface area contributed by atoms with Gasteiger partial charge in [0, 0.05) is 18.8 Å². The van der Waals surface area contributed by atoms with Crippen LogP contribution in [0, 0.1) is 6.92 Å². The third kappa shape index (κ3) is 2.84. The maximum absolute atomic E-state index is 5.45. The molecule has 2 rings (SSSR count). The van der Waals surface area contributed by atoms with Crippen LogP contribution in [-0.4, -0.2) is 20.0 Å². The molecule has 0 amide bonds. The van der Waals surface area contributed by atoms with Gasteiger partial charge in [0.25, 0.3) is 0 Å². The Labute approximate surface area is 106 Å². The van der Waals surface area contributed by atoms with Crippen LogP contribution in [0.2, 0.25) is 0 Å². The molecule has 0 aromatic carbocycles. The minimum atomic E-state index is 0. The number of hydrogen-bond donors (Lipinski definition) is 1. The number of halogens is 2.